The summed E-state index contributed by atoms with van der Waals surface area (Å²) in [4.78, 5) is 5.09. The second-order valence-electron chi connectivity index (χ2n) is 3.84. The van der Waals surface area contributed by atoms with Gasteiger partial charge in [-0.2, -0.15) is 0 Å². The number of anilines is 1. The van der Waals surface area contributed by atoms with Crippen LogP contribution in [0.25, 0.3) is 0 Å². The van der Waals surface area contributed by atoms with Crippen molar-refractivity contribution in [2.45, 2.75) is 29.8 Å². The van der Waals surface area contributed by atoms with Gasteiger partial charge in [0, 0.05) is 11.3 Å². The van der Waals surface area contributed by atoms with Crippen LogP contribution in [0.3, 0.4) is 0 Å². The highest BCUT2D eigenvalue weighted by atomic mass is 32.2. The van der Waals surface area contributed by atoms with E-state index in [1.54, 1.807) is 0 Å². The molecule has 1 saturated heterocycles. The number of fused-ring (bicyclic) bond motifs is 4. The van der Waals surface area contributed by atoms with Crippen molar-refractivity contribution in [1.82, 2.24) is 4.98 Å². The Hall–Kier alpha value is -0.620. The van der Waals surface area contributed by atoms with Gasteiger partial charge < -0.3 is 5.73 Å². The summed E-state index contributed by atoms with van der Waals surface area (Å²) in [5.74, 6) is 0. The number of hydrogen-bond donors (Lipinski definition) is 1. The van der Waals surface area contributed by atoms with E-state index in [-0.39, 0.29) is 10.5 Å². The Balaban J connectivity index is 2.24. The number of nitrogen functional groups attached to an aromatic ring is 1. The summed E-state index contributed by atoms with van der Waals surface area (Å²) in [6, 6.07) is 0. The molecule has 3 rings (SSSR count). The molecule has 1 fully saturated rings. The van der Waals surface area contributed by atoms with Gasteiger partial charge >= 0.3 is 0 Å². The van der Waals surface area contributed by atoms with E-state index in [4.69, 9.17) is 5.73 Å². The van der Waals surface area contributed by atoms with Crippen LogP contribution < -0.4 is 5.73 Å². The van der Waals surface area contributed by atoms with Crippen LogP contribution in [0.1, 0.15) is 28.7 Å². The van der Waals surface area contributed by atoms with Crippen molar-refractivity contribution in [3.63, 3.8) is 0 Å². The monoisotopic (exact) mass is 230 g/mol. The molecule has 1 aromatic heterocycles. The number of rotatable bonds is 0. The zero-order valence-electron chi connectivity index (χ0n) is 7.43. The second kappa shape index (κ2) is 2.49. The van der Waals surface area contributed by atoms with E-state index >= 15 is 0 Å². The van der Waals surface area contributed by atoms with E-state index in [1.165, 1.54) is 11.3 Å². The fourth-order valence-corrected chi connectivity index (χ4v) is 6.03. The lowest BCUT2D eigenvalue weighted by molar-refractivity contribution is 0.577. The average molecular weight is 230 g/mol. The summed E-state index contributed by atoms with van der Waals surface area (Å²) in [5.41, 5.74) is 6.52. The fourth-order valence-electron chi connectivity index (χ4n) is 2.39. The molecule has 3 heterocycles. The quantitative estimate of drug-likeness (QED) is 0.718. The molecule has 6 heteroatoms. The number of aromatic nitrogens is 1. The first-order valence-corrected chi connectivity index (χ1v) is 6.99. The zero-order valence-corrected chi connectivity index (χ0v) is 9.07. The van der Waals surface area contributed by atoms with E-state index in [9.17, 15) is 8.42 Å². The van der Waals surface area contributed by atoms with Gasteiger partial charge in [-0.15, -0.1) is 11.3 Å². The Kier molecular flexibility index (Phi) is 1.54. The van der Waals surface area contributed by atoms with Gasteiger partial charge in [0.2, 0.25) is 0 Å². The molecule has 0 amide bonds. The standard InChI is InChI=1S/C8H10N2O2S2/c9-8-10-5-3-4-1-2-6(7(5)13-8)14(4,11)12/h4,6H,1-3H2,(H2,9,10). The molecule has 2 aliphatic heterocycles. The second-order valence-corrected chi connectivity index (χ2v) is 7.32. The lowest BCUT2D eigenvalue weighted by Crippen LogP contribution is -2.25. The van der Waals surface area contributed by atoms with Crippen molar-refractivity contribution in [2.24, 2.45) is 0 Å². The number of thiazole rings is 1. The third-order valence-corrected chi connectivity index (χ3v) is 6.86. The van der Waals surface area contributed by atoms with E-state index in [0.717, 1.165) is 23.4 Å². The number of sulfone groups is 1. The Labute approximate surface area is 86.1 Å². The predicted molar refractivity (Wildman–Crippen MR) is 54.9 cm³/mol. The summed E-state index contributed by atoms with van der Waals surface area (Å²) >= 11 is 1.34. The van der Waals surface area contributed by atoms with E-state index in [1.807, 2.05) is 0 Å². The summed E-state index contributed by atoms with van der Waals surface area (Å²) in [7, 11) is -2.91. The van der Waals surface area contributed by atoms with Crippen molar-refractivity contribution in [3.05, 3.63) is 10.6 Å². The maximum Gasteiger partial charge on any atom is 0.180 e. The van der Waals surface area contributed by atoms with Crippen molar-refractivity contribution in [2.75, 3.05) is 5.73 Å². The third-order valence-electron chi connectivity index (χ3n) is 3.07. The number of nitrogens with zero attached hydrogens (tertiary/aromatic N) is 1. The molecule has 0 radical (unpaired) electrons. The van der Waals surface area contributed by atoms with Gasteiger partial charge in [0.25, 0.3) is 0 Å². The van der Waals surface area contributed by atoms with Gasteiger partial charge in [0.05, 0.1) is 16.2 Å². The van der Waals surface area contributed by atoms with Gasteiger partial charge in [0.15, 0.2) is 15.0 Å². The SMILES string of the molecule is Nc1nc2c(s1)C1CCC(C2)S1(=O)=O. The minimum Gasteiger partial charge on any atom is -0.375 e. The van der Waals surface area contributed by atoms with Crippen LogP contribution in [0.15, 0.2) is 0 Å². The Morgan fingerprint density at radius 2 is 2.21 bits per heavy atom. The summed E-state index contributed by atoms with van der Waals surface area (Å²) in [6.07, 6.45) is 2.11. The Morgan fingerprint density at radius 3 is 3.00 bits per heavy atom. The lowest BCUT2D eigenvalue weighted by Gasteiger charge is -2.18. The highest BCUT2D eigenvalue weighted by Gasteiger charge is 2.47. The molecule has 2 atom stereocenters. The molecule has 0 aromatic carbocycles. The van der Waals surface area contributed by atoms with Crippen molar-refractivity contribution < 1.29 is 8.42 Å². The minimum atomic E-state index is -2.91. The van der Waals surface area contributed by atoms with E-state index < -0.39 is 9.84 Å². The zero-order chi connectivity index (χ0) is 9.92. The summed E-state index contributed by atoms with van der Waals surface area (Å²) < 4.78 is 23.8. The molecule has 2 unspecified atom stereocenters. The van der Waals surface area contributed by atoms with Gasteiger partial charge in [-0.1, -0.05) is 0 Å². The molecule has 4 nitrogen and oxygen atoms in total. The fraction of sp³-hybridized carbons (Fsp3) is 0.625. The van der Waals surface area contributed by atoms with Crippen LogP contribution in [0, 0.1) is 0 Å². The van der Waals surface area contributed by atoms with Gasteiger partial charge in [-0.3, -0.25) is 0 Å². The average Bonchev–Trinajstić information content (AvgIpc) is 2.49. The summed E-state index contributed by atoms with van der Waals surface area (Å²) in [6.45, 7) is 0. The van der Waals surface area contributed by atoms with E-state index in [0.29, 0.717) is 11.6 Å². The van der Waals surface area contributed by atoms with Crippen LogP contribution in [0.5, 0.6) is 0 Å². The van der Waals surface area contributed by atoms with Crippen molar-refractivity contribution >= 4 is 26.3 Å². The Bertz CT molecular complexity index is 491. The van der Waals surface area contributed by atoms with Crippen molar-refractivity contribution in [3.8, 4) is 0 Å². The first-order chi connectivity index (χ1) is 6.59. The minimum absolute atomic E-state index is 0.193. The molecule has 2 aliphatic rings. The van der Waals surface area contributed by atoms with Crippen molar-refractivity contribution in [1.29, 1.82) is 0 Å². The number of nitrogens with two attached hydrogens (primary N) is 1. The topological polar surface area (TPSA) is 73.0 Å². The smallest absolute Gasteiger partial charge is 0.180 e. The third kappa shape index (κ3) is 0.926. The number of hydrogen-bond acceptors (Lipinski definition) is 5. The highest BCUT2D eigenvalue weighted by Crippen LogP contribution is 2.48. The lowest BCUT2D eigenvalue weighted by atomic mass is 10.2. The normalized spacial score (nSPS) is 32.9. The first kappa shape index (κ1) is 8.67. The molecule has 2 N–H and O–H groups in total. The van der Waals surface area contributed by atoms with Crippen LogP contribution in [0.2, 0.25) is 0 Å². The predicted octanol–water partition coefficient (Wildman–Crippen LogP) is 0.900. The molecular weight excluding hydrogens is 220 g/mol. The molecule has 2 bridgehead atoms. The molecule has 0 aliphatic carbocycles. The van der Waals surface area contributed by atoms with Crippen LogP contribution in [0.4, 0.5) is 5.13 Å². The van der Waals surface area contributed by atoms with Crippen LogP contribution in [-0.4, -0.2) is 18.7 Å². The van der Waals surface area contributed by atoms with Gasteiger partial charge in [-0.05, 0) is 12.8 Å². The maximum absolute atomic E-state index is 11.9. The highest BCUT2D eigenvalue weighted by molar-refractivity contribution is 7.92. The Morgan fingerprint density at radius 1 is 1.43 bits per heavy atom. The van der Waals surface area contributed by atoms with Gasteiger partial charge in [-0.25, -0.2) is 13.4 Å². The summed E-state index contributed by atoms with van der Waals surface area (Å²) in [5, 5.41) is 0.00491. The molecule has 0 saturated carbocycles. The van der Waals surface area contributed by atoms with Crippen LogP contribution in [-0.2, 0) is 16.3 Å². The maximum atomic E-state index is 11.9. The molecule has 1 aromatic rings. The largest absolute Gasteiger partial charge is 0.375 e. The van der Waals surface area contributed by atoms with E-state index in [2.05, 4.69) is 4.98 Å². The van der Waals surface area contributed by atoms with Crippen LogP contribution >= 0.6 is 11.3 Å². The molecule has 0 spiro atoms. The molecular formula is C8H10N2O2S2. The molecule has 76 valence electrons. The first-order valence-electron chi connectivity index (χ1n) is 4.57. The molecule has 14 heavy (non-hydrogen) atoms. The van der Waals surface area contributed by atoms with Gasteiger partial charge in [0.1, 0.15) is 0 Å².